The third-order valence-corrected chi connectivity index (χ3v) is 7.39. The van der Waals surface area contributed by atoms with E-state index in [0.717, 1.165) is 31.4 Å². The van der Waals surface area contributed by atoms with Gasteiger partial charge in [0.2, 0.25) is 0 Å². The molecule has 1 aliphatic heterocycles. The molecular formula is C29H34ClNO. The molecule has 0 unspecified atom stereocenters. The van der Waals surface area contributed by atoms with Crippen LogP contribution in [0.1, 0.15) is 54.4 Å². The Morgan fingerprint density at radius 3 is 2.19 bits per heavy atom. The Morgan fingerprint density at radius 1 is 0.781 bits per heavy atom. The summed E-state index contributed by atoms with van der Waals surface area (Å²) in [6, 6.07) is 28.1. The number of aliphatic hydroxyl groups is 1. The van der Waals surface area contributed by atoms with Gasteiger partial charge in [-0.3, -0.25) is 0 Å². The second-order valence-corrected chi connectivity index (χ2v) is 9.38. The number of rotatable bonds is 4. The van der Waals surface area contributed by atoms with E-state index < -0.39 is 0 Å². The van der Waals surface area contributed by atoms with Gasteiger partial charge in [0.25, 0.3) is 0 Å². The molecule has 0 aromatic heterocycles. The maximum Gasteiger partial charge on any atom is 0.0796 e. The summed E-state index contributed by atoms with van der Waals surface area (Å²) >= 11 is 0. The standard InChI is InChI=1S/C29H33NO.ClH/c31-29-20-22(21-30-18-16-24(17-19-30)23-8-3-1-4-9-23)14-15-27-26(12-7-13-28(27)29)25-10-5-2-6-11-25;/h1-13,22,24,29,31H,14-21H2;1H/t22-,29-;/m1./s1. The van der Waals surface area contributed by atoms with E-state index in [1.54, 1.807) is 0 Å². The van der Waals surface area contributed by atoms with E-state index in [1.807, 2.05) is 0 Å². The maximum atomic E-state index is 11.1. The van der Waals surface area contributed by atoms with Gasteiger partial charge in [0.05, 0.1) is 6.10 Å². The molecule has 168 valence electrons. The Labute approximate surface area is 198 Å². The third kappa shape index (κ3) is 5.09. The van der Waals surface area contributed by atoms with E-state index in [0.29, 0.717) is 11.8 Å². The molecule has 0 saturated carbocycles. The van der Waals surface area contributed by atoms with Crippen molar-refractivity contribution in [2.24, 2.45) is 5.92 Å². The average Bonchev–Trinajstić information content (AvgIpc) is 2.99. The third-order valence-electron chi connectivity index (χ3n) is 7.39. The number of hydrogen-bond donors (Lipinski definition) is 1. The first-order chi connectivity index (χ1) is 15.3. The lowest BCUT2D eigenvalue weighted by atomic mass is 9.88. The van der Waals surface area contributed by atoms with Gasteiger partial charge >= 0.3 is 0 Å². The van der Waals surface area contributed by atoms with Crippen molar-refractivity contribution in [1.82, 2.24) is 4.90 Å². The minimum Gasteiger partial charge on any atom is -0.388 e. The molecule has 2 atom stereocenters. The molecule has 1 aliphatic carbocycles. The molecule has 32 heavy (non-hydrogen) atoms. The minimum absolute atomic E-state index is 0. The molecule has 2 nitrogen and oxygen atoms in total. The Hall–Kier alpha value is -2.13. The van der Waals surface area contributed by atoms with E-state index in [-0.39, 0.29) is 18.5 Å². The molecule has 3 aromatic rings. The topological polar surface area (TPSA) is 23.5 Å². The predicted molar refractivity (Wildman–Crippen MR) is 135 cm³/mol. The van der Waals surface area contributed by atoms with E-state index in [9.17, 15) is 5.11 Å². The van der Waals surface area contributed by atoms with Gasteiger partial charge in [-0.25, -0.2) is 0 Å². The summed E-state index contributed by atoms with van der Waals surface area (Å²) in [5, 5.41) is 11.1. The van der Waals surface area contributed by atoms with Crippen molar-refractivity contribution in [2.75, 3.05) is 19.6 Å². The number of likely N-dealkylation sites (tertiary alicyclic amines) is 1. The van der Waals surface area contributed by atoms with Crippen LogP contribution in [0.3, 0.4) is 0 Å². The number of benzene rings is 3. The van der Waals surface area contributed by atoms with Gasteiger partial charge in [-0.15, -0.1) is 12.4 Å². The van der Waals surface area contributed by atoms with Crippen molar-refractivity contribution >= 4 is 12.4 Å². The van der Waals surface area contributed by atoms with Crippen molar-refractivity contribution in [1.29, 1.82) is 0 Å². The van der Waals surface area contributed by atoms with Crippen LogP contribution in [-0.4, -0.2) is 29.6 Å². The minimum atomic E-state index is -0.354. The normalized spacial score (nSPS) is 21.9. The van der Waals surface area contributed by atoms with E-state index in [4.69, 9.17) is 0 Å². The molecule has 0 bridgehead atoms. The molecule has 5 rings (SSSR count). The van der Waals surface area contributed by atoms with Crippen molar-refractivity contribution in [3.05, 3.63) is 95.6 Å². The van der Waals surface area contributed by atoms with Gasteiger partial charge in [0.15, 0.2) is 0 Å². The van der Waals surface area contributed by atoms with Crippen LogP contribution in [0.4, 0.5) is 0 Å². The highest BCUT2D eigenvalue weighted by Gasteiger charge is 2.28. The maximum absolute atomic E-state index is 11.1. The summed E-state index contributed by atoms with van der Waals surface area (Å²) in [4.78, 5) is 2.64. The lowest BCUT2D eigenvalue weighted by Gasteiger charge is -2.34. The molecule has 3 aromatic carbocycles. The number of aliphatic hydroxyl groups excluding tert-OH is 1. The summed E-state index contributed by atoms with van der Waals surface area (Å²) in [7, 11) is 0. The van der Waals surface area contributed by atoms with E-state index >= 15 is 0 Å². The van der Waals surface area contributed by atoms with Crippen molar-refractivity contribution in [3.63, 3.8) is 0 Å². The van der Waals surface area contributed by atoms with Gasteiger partial charge in [-0.05, 0) is 84.8 Å². The molecule has 0 radical (unpaired) electrons. The highest BCUT2D eigenvalue weighted by molar-refractivity contribution is 5.85. The quantitative estimate of drug-likeness (QED) is 0.453. The summed E-state index contributed by atoms with van der Waals surface area (Å²) in [5.74, 6) is 1.26. The van der Waals surface area contributed by atoms with Crippen LogP contribution < -0.4 is 0 Å². The van der Waals surface area contributed by atoms with Crippen molar-refractivity contribution in [2.45, 2.75) is 44.1 Å². The van der Waals surface area contributed by atoms with Crippen molar-refractivity contribution < 1.29 is 5.11 Å². The summed E-state index contributed by atoms with van der Waals surface area (Å²) in [6.45, 7) is 3.47. The van der Waals surface area contributed by atoms with E-state index in [2.05, 4.69) is 83.8 Å². The Bertz CT molecular complexity index is 983. The predicted octanol–water partition coefficient (Wildman–Crippen LogP) is 6.64. The van der Waals surface area contributed by atoms with Crippen LogP contribution in [0.15, 0.2) is 78.9 Å². The number of fused-ring (bicyclic) bond motifs is 1. The smallest absolute Gasteiger partial charge is 0.0796 e. The fourth-order valence-electron chi connectivity index (χ4n) is 5.70. The SMILES string of the molecule is Cl.O[C@@H]1C[C@H](CN2CCC(c3ccccc3)CC2)CCc2c(-c3ccccc3)cccc21. The Kier molecular flexibility index (Phi) is 7.67. The number of halogens is 1. The molecule has 1 saturated heterocycles. The number of piperidine rings is 1. The fraction of sp³-hybridized carbons (Fsp3) is 0.379. The second-order valence-electron chi connectivity index (χ2n) is 9.38. The van der Waals surface area contributed by atoms with Crippen molar-refractivity contribution in [3.8, 4) is 11.1 Å². The lowest BCUT2D eigenvalue weighted by molar-refractivity contribution is 0.117. The van der Waals surface area contributed by atoms with Gasteiger partial charge in [-0.2, -0.15) is 0 Å². The molecule has 1 heterocycles. The highest BCUT2D eigenvalue weighted by atomic mass is 35.5. The molecule has 1 N–H and O–H groups in total. The highest BCUT2D eigenvalue weighted by Crippen LogP contribution is 2.38. The van der Waals surface area contributed by atoms with Crippen LogP contribution in [0.5, 0.6) is 0 Å². The van der Waals surface area contributed by atoms with Gasteiger partial charge in [0, 0.05) is 6.54 Å². The average molecular weight is 448 g/mol. The first-order valence-corrected chi connectivity index (χ1v) is 11.9. The summed E-state index contributed by atoms with van der Waals surface area (Å²) < 4.78 is 0. The van der Waals surface area contributed by atoms with Gasteiger partial charge in [-0.1, -0.05) is 78.9 Å². The largest absolute Gasteiger partial charge is 0.388 e. The molecule has 0 amide bonds. The van der Waals surface area contributed by atoms with Crippen LogP contribution in [0.2, 0.25) is 0 Å². The number of hydrogen-bond acceptors (Lipinski definition) is 2. The summed E-state index contributed by atoms with van der Waals surface area (Å²) in [5.41, 5.74) is 6.54. The second kappa shape index (κ2) is 10.7. The van der Waals surface area contributed by atoms with Crippen LogP contribution in [-0.2, 0) is 6.42 Å². The van der Waals surface area contributed by atoms with Gasteiger partial charge in [0.1, 0.15) is 0 Å². The molecule has 0 spiro atoms. The Morgan fingerprint density at radius 2 is 1.47 bits per heavy atom. The monoisotopic (exact) mass is 447 g/mol. The molecule has 1 fully saturated rings. The Balaban J connectivity index is 0.00000245. The molecular weight excluding hydrogens is 414 g/mol. The van der Waals surface area contributed by atoms with Crippen LogP contribution in [0.25, 0.3) is 11.1 Å². The summed E-state index contributed by atoms with van der Waals surface area (Å²) in [6.07, 6.45) is 5.24. The van der Waals surface area contributed by atoms with Crippen LogP contribution >= 0.6 is 12.4 Å². The van der Waals surface area contributed by atoms with E-state index in [1.165, 1.54) is 48.2 Å². The first kappa shape index (κ1) is 23.0. The zero-order valence-corrected chi connectivity index (χ0v) is 19.5. The first-order valence-electron chi connectivity index (χ1n) is 11.9. The van der Waals surface area contributed by atoms with Crippen LogP contribution in [0, 0.1) is 5.92 Å². The fourth-order valence-corrected chi connectivity index (χ4v) is 5.70. The number of nitrogens with zero attached hydrogens (tertiary/aromatic N) is 1. The zero-order chi connectivity index (χ0) is 21.0. The molecule has 3 heteroatoms. The zero-order valence-electron chi connectivity index (χ0n) is 18.7. The van der Waals surface area contributed by atoms with Gasteiger partial charge < -0.3 is 10.0 Å². The molecule has 2 aliphatic rings. The lowest BCUT2D eigenvalue weighted by Crippen LogP contribution is -2.36.